The van der Waals surface area contributed by atoms with Crippen molar-refractivity contribution in [3.63, 3.8) is 0 Å². The molecule has 0 amide bonds. The van der Waals surface area contributed by atoms with Gasteiger partial charge in [-0.05, 0) is 0 Å². The Morgan fingerprint density at radius 3 is 3.50 bits per heavy atom. The smallest absolute Gasteiger partial charge is 0.160 e. The molecule has 2 aliphatic heterocycles. The maximum Gasteiger partial charge on any atom is 0.160 e. The van der Waals surface area contributed by atoms with Crippen LogP contribution in [0.15, 0.2) is 6.20 Å². The molecule has 2 aliphatic rings. The van der Waals surface area contributed by atoms with E-state index in [9.17, 15) is 0 Å². The SMILES string of the molecule is c1n[nH]c2c1OCC1CNCC21. The molecule has 3 heterocycles. The summed E-state index contributed by atoms with van der Waals surface area (Å²) in [6.45, 7) is 2.97. The number of H-pyrrole nitrogens is 1. The summed E-state index contributed by atoms with van der Waals surface area (Å²) in [5.74, 6) is 2.18. The van der Waals surface area contributed by atoms with Gasteiger partial charge in [-0.25, -0.2) is 0 Å². The van der Waals surface area contributed by atoms with Crippen molar-refractivity contribution in [1.82, 2.24) is 15.5 Å². The second-order valence-corrected chi connectivity index (χ2v) is 3.48. The third-order valence-corrected chi connectivity index (χ3v) is 2.80. The molecule has 0 aromatic carbocycles. The molecule has 1 aromatic heterocycles. The zero-order valence-electron chi connectivity index (χ0n) is 6.71. The van der Waals surface area contributed by atoms with Gasteiger partial charge in [0.15, 0.2) is 5.75 Å². The normalized spacial score (nSPS) is 32.3. The average Bonchev–Trinajstić information content (AvgIpc) is 2.71. The zero-order chi connectivity index (χ0) is 7.97. The fraction of sp³-hybridized carbons (Fsp3) is 0.625. The van der Waals surface area contributed by atoms with Gasteiger partial charge < -0.3 is 10.1 Å². The van der Waals surface area contributed by atoms with E-state index >= 15 is 0 Å². The Balaban J connectivity index is 2.04. The molecule has 3 rings (SSSR count). The number of hydrogen-bond acceptors (Lipinski definition) is 3. The number of aromatic nitrogens is 2. The van der Waals surface area contributed by atoms with Crippen molar-refractivity contribution in [2.45, 2.75) is 5.92 Å². The van der Waals surface area contributed by atoms with Gasteiger partial charge in [0.2, 0.25) is 0 Å². The highest BCUT2D eigenvalue weighted by atomic mass is 16.5. The molecule has 0 aliphatic carbocycles. The van der Waals surface area contributed by atoms with E-state index in [1.807, 2.05) is 0 Å². The van der Waals surface area contributed by atoms with Crippen molar-refractivity contribution >= 4 is 0 Å². The highest BCUT2D eigenvalue weighted by Crippen LogP contribution is 2.36. The highest BCUT2D eigenvalue weighted by Gasteiger charge is 2.35. The monoisotopic (exact) mass is 165 g/mol. The fourth-order valence-electron chi connectivity index (χ4n) is 2.11. The van der Waals surface area contributed by atoms with Crippen molar-refractivity contribution < 1.29 is 4.74 Å². The van der Waals surface area contributed by atoms with Crippen LogP contribution in [-0.2, 0) is 0 Å². The maximum atomic E-state index is 5.54. The number of ether oxygens (including phenoxy) is 1. The lowest BCUT2D eigenvalue weighted by Gasteiger charge is -2.23. The summed E-state index contributed by atoms with van der Waals surface area (Å²) in [5, 5.41) is 10.4. The third-order valence-electron chi connectivity index (χ3n) is 2.80. The Kier molecular flexibility index (Phi) is 1.20. The first-order valence-electron chi connectivity index (χ1n) is 4.32. The predicted octanol–water partition coefficient (Wildman–Crippen LogP) is 0.105. The molecular formula is C8H11N3O. The van der Waals surface area contributed by atoms with Gasteiger partial charge in [-0.1, -0.05) is 0 Å². The fourth-order valence-corrected chi connectivity index (χ4v) is 2.11. The Morgan fingerprint density at radius 1 is 1.50 bits per heavy atom. The van der Waals surface area contributed by atoms with E-state index in [1.165, 1.54) is 5.69 Å². The Labute approximate surface area is 70.3 Å². The van der Waals surface area contributed by atoms with Gasteiger partial charge in [-0.15, -0.1) is 0 Å². The molecule has 0 saturated carbocycles. The number of fused-ring (bicyclic) bond motifs is 3. The minimum Gasteiger partial charge on any atom is -0.490 e. The first-order valence-corrected chi connectivity index (χ1v) is 4.32. The van der Waals surface area contributed by atoms with Gasteiger partial charge in [0, 0.05) is 24.9 Å². The van der Waals surface area contributed by atoms with Gasteiger partial charge in [0.05, 0.1) is 18.5 Å². The van der Waals surface area contributed by atoms with Gasteiger partial charge in [-0.3, -0.25) is 5.10 Å². The van der Waals surface area contributed by atoms with Crippen molar-refractivity contribution in [3.05, 3.63) is 11.9 Å². The van der Waals surface area contributed by atoms with Gasteiger partial charge in [0.1, 0.15) is 0 Å². The number of rotatable bonds is 0. The van der Waals surface area contributed by atoms with Crippen molar-refractivity contribution in [3.8, 4) is 5.75 Å². The standard InChI is InChI=1S/C8H11N3O/c1-5-4-12-7-3-10-11-8(7)6(5)2-9-1/h3,5-6,9H,1-2,4H2,(H,10,11). The van der Waals surface area contributed by atoms with Crippen LogP contribution >= 0.6 is 0 Å². The lowest BCUT2D eigenvalue weighted by Crippen LogP contribution is -2.24. The van der Waals surface area contributed by atoms with Crippen molar-refractivity contribution in [1.29, 1.82) is 0 Å². The molecule has 2 atom stereocenters. The van der Waals surface area contributed by atoms with Crippen LogP contribution in [0.4, 0.5) is 0 Å². The second kappa shape index (κ2) is 2.23. The summed E-state index contributed by atoms with van der Waals surface area (Å²) in [6, 6.07) is 0. The van der Waals surface area contributed by atoms with E-state index in [-0.39, 0.29) is 0 Å². The molecule has 0 radical (unpaired) electrons. The van der Waals surface area contributed by atoms with E-state index in [0.29, 0.717) is 11.8 Å². The highest BCUT2D eigenvalue weighted by molar-refractivity contribution is 5.31. The molecule has 64 valence electrons. The van der Waals surface area contributed by atoms with Crippen LogP contribution in [-0.4, -0.2) is 29.9 Å². The molecule has 1 saturated heterocycles. The predicted molar refractivity (Wildman–Crippen MR) is 43.2 cm³/mol. The summed E-state index contributed by atoms with van der Waals surface area (Å²) in [6.07, 6.45) is 1.77. The van der Waals surface area contributed by atoms with E-state index < -0.39 is 0 Å². The molecule has 0 spiro atoms. The summed E-state index contributed by atoms with van der Waals surface area (Å²) < 4.78 is 5.54. The minimum atomic E-state index is 0.594. The van der Waals surface area contributed by atoms with Crippen LogP contribution < -0.4 is 10.1 Å². The quantitative estimate of drug-likeness (QED) is 0.573. The number of nitrogens with one attached hydrogen (secondary N) is 2. The van der Waals surface area contributed by atoms with E-state index in [1.54, 1.807) is 6.20 Å². The molecule has 2 N–H and O–H groups in total. The molecule has 12 heavy (non-hydrogen) atoms. The van der Waals surface area contributed by atoms with E-state index in [4.69, 9.17) is 4.74 Å². The van der Waals surface area contributed by atoms with Crippen LogP contribution in [0.5, 0.6) is 5.75 Å². The van der Waals surface area contributed by atoms with Crippen molar-refractivity contribution in [2.75, 3.05) is 19.7 Å². The van der Waals surface area contributed by atoms with Gasteiger partial charge in [-0.2, -0.15) is 5.10 Å². The average molecular weight is 165 g/mol. The van der Waals surface area contributed by atoms with Crippen LogP contribution in [0.25, 0.3) is 0 Å². The van der Waals surface area contributed by atoms with E-state index in [0.717, 1.165) is 25.4 Å². The van der Waals surface area contributed by atoms with Crippen LogP contribution in [0.1, 0.15) is 11.6 Å². The second-order valence-electron chi connectivity index (χ2n) is 3.48. The number of aromatic amines is 1. The molecular weight excluding hydrogens is 154 g/mol. The summed E-state index contributed by atoms with van der Waals surface area (Å²) in [5.41, 5.74) is 1.18. The maximum absolute atomic E-state index is 5.54. The molecule has 2 unspecified atom stereocenters. The van der Waals surface area contributed by atoms with Crippen LogP contribution in [0.2, 0.25) is 0 Å². The Hall–Kier alpha value is -1.03. The largest absolute Gasteiger partial charge is 0.490 e. The van der Waals surface area contributed by atoms with Crippen LogP contribution in [0.3, 0.4) is 0 Å². The first kappa shape index (κ1) is 6.48. The molecule has 4 heteroatoms. The van der Waals surface area contributed by atoms with E-state index in [2.05, 4.69) is 15.5 Å². The molecule has 0 bridgehead atoms. The number of nitrogens with zero attached hydrogens (tertiary/aromatic N) is 1. The Morgan fingerprint density at radius 2 is 2.50 bits per heavy atom. The molecule has 1 aromatic rings. The van der Waals surface area contributed by atoms with Gasteiger partial charge >= 0.3 is 0 Å². The summed E-state index contributed by atoms with van der Waals surface area (Å²) in [4.78, 5) is 0. The van der Waals surface area contributed by atoms with Crippen LogP contribution in [0, 0.1) is 5.92 Å². The minimum absolute atomic E-state index is 0.594. The number of hydrogen-bond donors (Lipinski definition) is 2. The topological polar surface area (TPSA) is 49.9 Å². The van der Waals surface area contributed by atoms with Crippen molar-refractivity contribution in [2.24, 2.45) is 5.92 Å². The third kappa shape index (κ3) is 0.728. The summed E-state index contributed by atoms with van der Waals surface area (Å²) >= 11 is 0. The van der Waals surface area contributed by atoms with Gasteiger partial charge in [0.25, 0.3) is 0 Å². The Bertz CT molecular complexity index is 296. The molecule has 4 nitrogen and oxygen atoms in total. The lowest BCUT2D eigenvalue weighted by molar-refractivity contribution is 0.218. The first-order chi connectivity index (χ1) is 5.95. The zero-order valence-corrected chi connectivity index (χ0v) is 6.71. The lowest BCUT2D eigenvalue weighted by atomic mass is 9.91. The molecule has 1 fully saturated rings. The summed E-state index contributed by atoms with van der Waals surface area (Å²) in [7, 11) is 0.